The number of unbranched alkanes of at least 4 members (excludes halogenated alkanes) is 3. The van der Waals surface area contributed by atoms with Gasteiger partial charge in [0.05, 0.1) is 18.6 Å². The van der Waals surface area contributed by atoms with Gasteiger partial charge in [-0.3, -0.25) is 14.4 Å². The van der Waals surface area contributed by atoms with E-state index in [0.29, 0.717) is 43.2 Å². The molecule has 1 spiro atoms. The third-order valence-corrected chi connectivity index (χ3v) is 8.30. The van der Waals surface area contributed by atoms with Crippen LogP contribution in [0.2, 0.25) is 5.02 Å². The number of halogens is 1. The molecule has 0 saturated carbocycles. The van der Waals surface area contributed by atoms with E-state index in [1.165, 1.54) is 0 Å². The van der Waals surface area contributed by atoms with Gasteiger partial charge >= 0.3 is 5.97 Å². The Labute approximate surface area is 228 Å². The Balaban J connectivity index is 1.53. The third-order valence-electron chi connectivity index (χ3n) is 8.05. The van der Waals surface area contributed by atoms with Crippen molar-refractivity contribution >= 4 is 35.1 Å². The Bertz CT molecular complexity index is 1100. The van der Waals surface area contributed by atoms with Gasteiger partial charge in [0.15, 0.2) is 0 Å². The van der Waals surface area contributed by atoms with Crippen molar-refractivity contribution in [2.75, 3.05) is 31.2 Å². The van der Waals surface area contributed by atoms with Crippen LogP contribution in [0.1, 0.15) is 44.9 Å². The van der Waals surface area contributed by atoms with E-state index >= 15 is 0 Å². The summed E-state index contributed by atoms with van der Waals surface area (Å²) >= 11 is 6.09. The number of aliphatic hydroxyl groups is 1. The summed E-state index contributed by atoms with van der Waals surface area (Å²) in [6.07, 6.45) is 12.5. The van der Waals surface area contributed by atoms with E-state index in [1.807, 2.05) is 24.3 Å². The molecule has 4 aliphatic rings. The molecule has 2 fully saturated rings. The number of likely N-dealkylation sites (tertiary alicyclic amines) is 1. The molecule has 5 atom stereocenters. The van der Waals surface area contributed by atoms with Crippen LogP contribution in [0.3, 0.4) is 0 Å². The topological polar surface area (TPSA) is 96.4 Å². The predicted molar refractivity (Wildman–Crippen MR) is 143 cm³/mol. The Kier molecular flexibility index (Phi) is 8.21. The summed E-state index contributed by atoms with van der Waals surface area (Å²) in [4.78, 5) is 45.0. The van der Waals surface area contributed by atoms with E-state index < -0.39 is 35.6 Å². The van der Waals surface area contributed by atoms with E-state index in [-0.39, 0.29) is 18.4 Å². The highest BCUT2D eigenvalue weighted by atomic mass is 35.5. The lowest BCUT2D eigenvalue weighted by Crippen LogP contribution is -2.55. The molecule has 4 aliphatic heterocycles. The first-order valence-electron chi connectivity index (χ1n) is 13.6. The zero-order valence-corrected chi connectivity index (χ0v) is 22.2. The minimum Gasteiger partial charge on any atom is -0.465 e. The molecule has 204 valence electrons. The van der Waals surface area contributed by atoms with E-state index in [0.717, 1.165) is 32.1 Å². The molecule has 1 aromatic rings. The van der Waals surface area contributed by atoms with Crippen molar-refractivity contribution in [3.8, 4) is 0 Å². The molecule has 0 bridgehead atoms. The summed E-state index contributed by atoms with van der Waals surface area (Å²) in [5, 5.41) is 9.69. The monoisotopic (exact) mass is 542 g/mol. The number of nitrogens with zero attached hydrogens (tertiary/aromatic N) is 2. The maximum Gasteiger partial charge on any atom is 0.312 e. The number of ether oxygens (including phenoxy) is 2. The molecule has 9 heteroatoms. The fourth-order valence-corrected chi connectivity index (χ4v) is 6.38. The number of hydrogen-bond donors (Lipinski definition) is 1. The lowest BCUT2D eigenvalue weighted by Gasteiger charge is -2.35. The summed E-state index contributed by atoms with van der Waals surface area (Å²) in [5.41, 5.74) is -0.594. The molecule has 1 aromatic carbocycles. The van der Waals surface area contributed by atoms with Gasteiger partial charge in [0.25, 0.3) is 5.91 Å². The van der Waals surface area contributed by atoms with Gasteiger partial charge in [-0.2, -0.15) is 0 Å². The second kappa shape index (κ2) is 11.6. The Morgan fingerprint density at radius 2 is 1.79 bits per heavy atom. The average molecular weight is 543 g/mol. The summed E-state index contributed by atoms with van der Waals surface area (Å²) < 4.78 is 12.3. The van der Waals surface area contributed by atoms with Crippen LogP contribution in [0.4, 0.5) is 5.69 Å². The minimum absolute atomic E-state index is 0.127. The number of benzene rings is 1. The van der Waals surface area contributed by atoms with Gasteiger partial charge in [0, 0.05) is 30.4 Å². The fourth-order valence-electron chi connectivity index (χ4n) is 6.26. The van der Waals surface area contributed by atoms with Crippen molar-refractivity contribution in [1.29, 1.82) is 0 Å². The lowest BCUT2D eigenvalue weighted by atomic mass is 9.78. The number of esters is 1. The second-order valence-electron chi connectivity index (χ2n) is 10.4. The summed E-state index contributed by atoms with van der Waals surface area (Å²) in [6, 6.07) is 6.13. The van der Waals surface area contributed by atoms with Gasteiger partial charge in [0.2, 0.25) is 5.91 Å². The number of carbonyl (C=O) groups is 3. The van der Waals surface area contributed by atoms with E-state index in [9.17, 15) is 14.4 Å². The second-order valence-corrected chi connectivity index (χ2v) is 10.9. The largest absolute Gasteiger partial charge is 0.465 e. The number of amides is 2. The third kappa shape index (κ3) is 4.90. The standard InChI is InChI=1S/C29H35ClN2O6/c30-20-11-13-21(14-12-20)31-17-9-15-29-24(23-22(38-29)10-5-1-4-8-19-37-28(23)36)26(34)32(25(29)27(31)35)16-6-2-3-7-18-33/h5,9-15,22-25,33H,1-4,6-8,16-19H2/b10-5-/t22-,23+,24+,25?,29+/m1/s1. The van der Waals surface area contributed by atoms with Crippen LogP contribution in [-0.2, 0) is 23.9 Å². The predicted octanol–water partition coefficient (Wildman–Crippen LogP) is 3.66. The maximum absolute atomic E-state index is 14.3. The van der Waals surface area contributed by atoms with Crippen LogP contribution in [-0.4, -0.2) is 71.8 Å². The van der Waals surface area contributed by atoms with Crippen molar-refractivity contribution in [3.05, 3.63) is 53.6 Å². The fraction of sp³-hybridized carbons (Fsp3) is 0.552. The highest BCUT2D eigenvalue weighted by Crippen LogP contribution is 2.53. The summed E-state index contributed by atoms with van der Waals surface area (Å²) in [6.45, 7) is 1.11. The molecule has 5 rings (SSSR count). The number of carbonyl (C=O) groups excluding carboxylic acids is 3. The normalized spacial score (nSPS) is 31.9. The molecular weight excluding hydrogens is 508 g/mol. The van der Waals surface area contributed by atoms with Gasteiger partial charge in [0.1, 0.15) is 17.6 Å². The van der Waals surface area contributed by atoms with Crippen molar-refractivity contribution in [3.63, 3.8) is 0 Å². The number of fused-ring (bicyclic) bond motifs is 2. The van der Waals surface area contributed by atoms with Crippen molar-refractivity contribution in [2.45, 2.75) is 62.7 Å². The molecule has 38 heavy (non-hydrogen) atoms. The van der Waals surface area contributed by atoms with Crippen LogP contribution in [0, 0.1) is 11.8 Å². The molecule has 1 N–H and O–H groups in total. The number of rotatable bonds is 7. The molecule has 2 saturated heterocycles. The molecule has 2 amide bonds. The van der Waals surface area contributed by atoms with Crippen LogP contribution in [0.15, 0.2) is 48.6 Å². The van der Waals surface area contributed by atoms with Gasteiger partial charge in [-0.1, -0.05) is 48.7 Å². The molecule has 4 heterocycles. The van der Waals surface area contributed by atoms with Crippen LogP contribution in [0.5, 0.6) is 0 Å². The highest BCUT2D eigenvalue weighted by molar-refractivity contribution is 6.30. The summed E-state index contributed by atoms with van der Waals surface area (Å²) in [7, 11) is 0. The molecule has 0 radical (unpaired) electrons. The highest BCUT2D eigenvalue weighted by Gasteiger charge is 2.71. The zero-order valence-electron chi connectivity index (χ0n) is 21.5. The van der Waals surface area contributed by atoms with Crippen molar-refractivity contribution < 1.29 is 29.0 Å². The SMILES string of the molecule is O=C1OCCCC/C=C\[C@H]2O[C@]34C=CCN(c5ccc(Cl)cc5)C(=O)C3N(CCCCCCO)C(=O)[C@@H]4[C@@H]12. The first-order valence-corrected chi connectivity index (χ1v) is 14.0. The van der Waals surface area contributed by atoms with Crippen LogP contribution < -0.4 is 4.90 Å². The summed E-state index contributed by atoms with van der Waals surface area (Å²) in [5.74, 6) is -2.61. The molecule has 8 nitrogen and oxygen atoms in total. The van der Waals surface area contributed by atoms with Crippen LogP contribution in [0.25, 0.3) is 0 Å². The minimum atomic E-state index is -1.27. The first-order chi connectivity index (χ1) is 18.5. The van der Waals surface area contributed by atoms with Crippen LogP contribution >= 0.6 is 11.6 Å². The number of cyclic esters (lactones) is 1. The van der Waals surface area contributed by atoms with Gasteiger partial charge in [-0.15, -0.1) is 0 Å². The quantitative estimate of drug-likeness (QED) is 0.321. The average Bonchev–Trinajstić information content (AvgIpc) is 3.29. The Hall–Kier alpha value is -2.68. The number of aliphatic hydroxyl groups excluding tert-OH is 1. The molecular formula is C29H35ClN2O6. The van der Waals surface area contributed by atoms with E-state index in [4.69, 9.17) is 26.2 Å². The smallest absolute Gasteiger partial charge is 0.312 e. The molecule has 1 unspecified atom stereocenters. The van der Waals surface area contributed by atoms with Gasteiger partial charge in [-0.05, 0) is 56.4 Å². The van der Waals surface area contributed by atoms with Crippen molar-refractivity contribution in [2.24, 2.45) is 11.8 Å². The van der Waals surface area contributed by atoms with Gasteiger partial charge in [-0.25, -0.2) is 0 Å². The number of anilines is 1. The molecule has 0 aliphatic carbocycles. The lowest BCUT2D eigenvalue weighted by molar-refractivity contribution is -0.154. The van der Waals surface area contributed by atoms with Crippen molar-refractivity contribution in [1.82, 2.24) is 4.90 Å². The molecule has 0 aromatic heterocycles. The van der Waals surface area contributed by atoms with Gasteiger partial charge < -0.3 is 24.4 Å². The van der Waals surface area contributed by atoms with E-state index in [1.54, 1.807) is 34.1 Å². The Morgan fingerprint density at radius 1 is 1.00 bits per heavy atom. The van der Waals surface area contributed by atoms with E-state index in [2.05, 4.69) is 0 Å². The zero-order chi connectivity index (χ0) is 26.7. The Morgan fingerprint density at radius 3 is 2.58 bits per heavy atom. The first kappa shape index (κ1) is 26.9. The number of hydrogen-bond acceptors (Lipinski definition) is 6. The maximum atomic E-state index is 14.3. The number of allylic oxidation sites excluding steroid dienone is 1.